The van der Waals surface area contributed by atoms with Gasteiger partial charge in [-0.15, -0.1) is 0 Å². The van der Waals surface area contributed by atoms with Gasteiger partial charge in [0.2, 0.25) is 0 Å². The van der Waals surface area contributed by atoms with Crippen LogP contribution in [0.3, 0.4) is 0 Å². The van der Waals surface area contributed by atoms with Crippen molar-refractivity contribution in [3.8, 4) is 0 Å². The van der Waals surface area contributed by atoms with Gasteiger partial charge >= 0.3 is 0 Å². The molecule has 0 bridgehead atoms. The first kappa shape index (κ1) is 12.2. The molecule has 1 unspecified atom stereocenters. The van der Waals surface area contributed by atoms with Gasteiger partial charge in [-0.25, -0.2) is 0 Å². The summed E-state index contributed by atoms with van der Waals surface area (Å²) in [6.07, 6.45) is 2.39. The van der Waals surface area contributed by atoms with E-state index in [1.165, 1.54) is 0 Å². The van der Waals surface area contributed by atoms with Crippen molar-refractivity contribution in [2.75, 3.05) is 32.6 Å². The highest BCUT2D eigenvalue weighted by atomic mass is 32.2. The van der Waals surface area contributed by atoms with E-state index in [1.807, 2.05) is 18.7 Å². The second kappa shape index (κ2) is 5.38. The lowest BCUT2D eigenvalue weighted by Gasteiger charge is -2.32. The molecule has 16 heavy (non-hydrogen) atoms. The van der Waals surface area contributed by atoms with Crippen LogP contribution < -0.4 is 5.32 Å². The normalized spacial score (nSPS) is 28.2. The van der Waals surface area contributed by atoms with Gasteiger partial charge < -0.3 is 14.8 Å². The Kier molecular flexibility index (Phi) is 4.10. The van der Waals surface area contributed by atoms with Crippen LogP contribution in [-0.2, 0) is 9.47 Å². The molecule has 0 aromatic rings. The largest absolute Gasteiger partial charge is 0.381 e. The summed E-state index contributed by atoms with van der Waals surface area (Å²) in [5.74, 6) is 1.12. The fourth-order valence-electron chi connectivity index (χ4n) is 1.91. The molecule has 0 saturated carbocycles. The lowest BCUT2D eigenvalue weighted by Crippen LogP contribution is -2.48. The van der Waals surface area contributed by atoms with Crippen LogP contribution in [0.15, 0.2) is 4.99 Å². The Morgan fingerprint density at radius 1 is 1.56 bits per heavy atom. The van der Waals surface area contributed by atoms with E-state index in [4.69, 9.17) is 9.47 Å². The van der Waals surface area contributed by atoms with Crippen LogP contribution in [0, 0.1) is 0 Å². The fraction of sp³-hybridized carbons (Fsp3) is 0.909. The van der Waals surface area contributed by atoms with Gasteiger partial charge in [-0.05, 0) is 19.8 Å². The van der Waals surface area contributed by atoms with Gasteiger partial charge in [0, 0.05) is 26.1 Å². The first-order chi connectivity index (χ1) is 7.74. The lowest BCUT2D eigenvalue weighted by atomic mass is 9.93. The third-order valence-corrected chi connectivity index (χ3v) is 4.40. The molecule has 2 saturated heterocycles. The molecule has 92 valence electrons. The van der Waals surface area contributed by atoms with Crippen molar-refractivity contribution in [1.82, 2.24) is 5.32 Å². The molecule has 0 amide bonds. The Balaban J connectivity index is 1.86. The van der Waals surface area contributed by atoms with E-state index < -0.39 is 0 Å². The van der Waals surface area contributed by atoms with E-state index >= 15 is 0 Å². The molecule has 2 aliphatic heterocycles. The lowest BCUT2D eigenvalue weighted by molar-refractivity contribution is 0.0555. The molecule has 0 radical (unpaired) electrons. The van der Waals surface area contributed by atoms with E-state index in [0.717, 1.165) is 43.5 Å². The summed E-state index contributed by atoms with van der Waals surface area (Å²) in [6, 6.07) is 0. The molecule has 0 aromatic heterocycles. The minimum Gasteiger partial charge on any atom is -0.381 e. The smallest absolute Gasteiger partial charge is 0.157 e. The summed E-state index contributed by atoms with van der Waals surface area (Å²) in [7, 11) is 1.72. The van der Waals surface area contributed by atoms with Crippen LogP contribution in [0.1, 0.15) is 19.8 Å². The summed E-state index contributed by atoms with van der Waals surface area (Å²) >= 11 is 1.83. The van der Waals surface area contributed by atoms with Gasteiger partial charge in [-0.2, -0.15) is 0 Å². The number of hydrogen-bond donors (Lipinski definition) is 1. The van der Waals surface area contributed by atoms with E-state index in [0.29, 0.717) is 0 Å². The van der Waals surface area contributed by atoms with Crippen molar-refractivity contribution in [2.24, 2.45) is 4.99 Å². The van der Waals surface area contributed by atoms with Crippen molar-refractivity contribution in [3.05, 3.63) is 0 Å². The van der Waals surface area contributed by atoms with Crippen LogP contribution >= 0.6 is 11.8 Å². The highest BCUT2D eigenvalue weighted by Crippen LogP contribution is 2.31. The average Bonchev–Trinajstić information content (AvgIpc) is 2.70. The van der Waals surface area contributed by atoms with Gasteiger partial charge in [0.05, 0.1) is 18.2 Å². The predicted octanol–water partition coefficient (Wildman–Crippen LogP) is 1.26. The zero-order valence-electron chi connectivity index (χ0n) is 9.99. The summed E-state index contributed by atoms with van der Waals surface area (Å²) in [4.78, 5) is 4.55. The Labute approximate surface area is 101 Å². The van der Waals surface area contributed by atoms with Crippen molar-refractivity contribution >= 4 is 16.9 Å². The Bertz CT molecular complexity index is 265. The quantitative estimate of drug-likeness (QED) is 0.812. The maximum Gasteiger partial charge on any atom is 0.157 e. The minimum absolute atomic E-state index is 0.195. The van der Waals surface area contributed by atoms with E-state index in [-0.39, 0.29) is 11.6 Å². The van der Waals surface area contributed by atoms with Crippen molar-refractivity contribution in [3.63, 3.8) is 0 Å². The molecule has 1 N–H and O–H groups in total. The monoisotopic (exact) mass is 244 g/mol. The van der Waals surface area contributed by atoms with Gasteiger partial charge in [-0.1, -0.05) is 11.8 Å². The number of thioether (sulfide) groups is 1. The number of nitrogens with zero attached hydrogens (tertiary/aromatic N) is 1. The van der Waals surface area contributed by atoms with E-state index in [1.54, 1.807) is 7.11 Å². The molecule has 2 heterocycles. The summed E-state index contributed by atoms with van der Waals surface area (Å²) in [6.45, 7) is 4.51. The second-order valence-corrected chi connectivity index (χ2v) is 5.46. The van der Waals surface area contributed by atoms with Crippen LogP contribution in [-0.4, -0.2) is 49.4 Å². The zero-order valence-corrected chi connectivity index (χ0v) is 10.8. The van der Waals surface area contributed by atoms with Crippen molar-refractivity contribution in [2.45, 2.75) is 31.4 Å². The number of methoxy groups -OCH3 is 1. The molecule has 2 rings (SSSR count). The van der Waals surface area contributed by atoms with Crippen molar-refractivity contribution in [1.29, 1.82) is 0 Å². The van der Waals surface area contributed by atoms with Crippen molar-refractivity contribution < 1.29 is 9.47 Å². The minimum atomic E-state index is 0.195. The van der Waals surface area contributed by atoms with Gasteiger partial charge in [0.1, 0.15) is 0 Å². The van der Waals surface area contributed by atoms with Gasteiger partial charge in [-0.3, -0.25) is 4.99 Å². The van der Waals surface area contributed by atoms with Crippen LogP contribution in [0.4, 0.5) is 0 Å². The summed E-state index contributed by atoms with van der Waals surface area (Å²) < 4.78 is 10.6. The summed E-state index contributed by atoms with van der Waals surface area (Å²) in [5.41, 5.74) is 0.248. The summed E-state index contributed by atoms with van der Waals surface area (Å²) in [5, 5.41) is 4.64. The van der Waals surface area contributed by atoms with Gasteiger partial charge in [0.15, 0.2) is 5.17 Å². The molecule has 1 spiro atoms. The Morgan fingerprint density at radius 3 is 3.00 bits per heavy atom. The molecule has 0 aliphatic carbocycles. The van der Waals surface area contributed by atoms with E-state index in [2.05, 4.69) is 10.3 Å². The molecular formula is C11H20N2O2S. The number of ether oxygens (including phenoxy) is 2. The van der Waals surface area contributed by atoms with Crippen LogP contribution in [0.25, 0.3) is 0 Å². The molecule has 5 heteroatoms. The molecule has 0 aromatic carbocycles. The molecular weight excluding hydrogens is 224 g/mol. The Hall–Kier alpha value is -0.260. The first-order valence-electron chi connectivity index (χ1n) is 5.80. The van der Waals surface area contributed by atoms with Crippen LogP contribution in [0.2, 0.25) is 0 Å². The Morgan fingerprint density at radius 2 is 2.31 bits per heavy atom. The molecule has 2 aliphatic rings. The third-order valence-electron chi connectivity index (χ3n) is 3.20. The molecule has 1 atom stereocenters. The maximum atomic E-state index is 5.40. The zero-order chi connectivity index (χ0) is 11.4. The standard InChI is InChI=1S/C11H20N2O2S/c1-9(14-2)7-12-10-13-11(8-16-10)3-5-15-6-4-11/h9H,3-8H2,1-2H3,(H,12,13). The third kappa shape index (κ3) is 2.90. The predicted molar refractivity (Wildman–Crippen MR) is 67.2 cm³/mol. The SMILES string of the molecule is COC(C)CN=C1NC2(CCOCC2)CS1. The number of hydrogen-bond acceptors (Lipinski definition) is 4. The average molecular weight is 244 g/mol. The fourth-order valence-corrected chi connectivity index (χ4v) is 3.14. The highest BCUT2D eigenvalue weighted by molar-refractivity contribution is 8.14. The molecule has 4 nitrogen and oxygen atoms in total. The number of amidine groups is 1. The number of aliphatic imine (C=N–C) groups is 1. The number of rotatable bonds is 3. The van der Waals surface area contributed by atoms with Crippen LogP contribution in [0.5, 0.6) is 0 Å². The first-order valence-corrected chi connectivity index (χ1v) is 6.79. The highest BCUT2D eigenvalue weighted by Gasteiger charge is 2.38. The maximum absolute atomic E-state index is 5.40. The van der Waals surface area contributed by atoms with E-state index in [9.17, 15) is 0 Å². The topological polar surface area (TPSA) is 42.8 Å². The van der Waals surface area contributed by atoms with Gasteiger partial charge in [0.25, 0.3) is 0 Å². The second-order valence-electron chi connectivity index (χ2n) is 4.50. The molecule has 2 fully saturated rings. The number of nitrogens with one attached hydrogen (secondary N) is 1.